The highest BCUT2D eigenvalue weighted by Gasteiger charge is 2.30. The van der Waals surface area contributed by atoms with Crippen molar-refractivity contribution >= 4 is 23.8 Å². The van der Waals surface area contributed by atoms with Gasteiger partial charge >= 0.3 is 6.09 Å². The number of nitrogens with one attached hydrogen (secondary N) is 3. The molecule has 1 aromatic carbocycles. The van der Waals surface area contributed by atoms with Crippen molar-refractivity contribution in [2.75, 3.05) is 6.54 Å². The van der Waals surface area contributed by atoms with Crippen LogP contribution < -0.4 is 21.7 Å². The maximum Gasteiger partial charge on any atom is 0.407 e. The van der Waals surface area contributed by atoms with Crippen LogP contribution in [-0.2, 0) is 25.7 Å². The van der Waals surface area contributed by atoms with Crippen LogP contribution in [0, 0.1) is 17.8 Å². The number of hydrogen-bond donors (Lipinski definition) is 5. The van der Waals surface area contributed by atoms with E-state index >= 15 is 0 Å². The van der Waals surface area contributed by atoms with E-state index in [4.69, 9.17) is 10.5 Å². The van der Waals surface area contributed by atoms with Crippen LogP contribution in [-0.4, -0.2) is 53.7 Å². The van der Waals surface area contributed by atoms with Gasteiger partial charge in [0, 0.05) is 6.54 Å². The molecule has 0 saturated heterocycles. The molecule has 2 unspecified atom stereocenters. The third-order valence-corrected chi connectivity index (χ3v) is 5.76. The Morgan fingerprint density at radius 3 is 1.93 bits per heavy atom. The van der Waals surface area contributed by atoms with Gasteiger partial charge in [0.15, 0.2) is 0 Å². The zero-order chi connectivity index (χ0) is 31.3. The van der Waals surface area contributed by atoms with E-state index in [-0.39, 0.29) is 31.4 Å². The first kappa shape index (κ1) is 39.0. The Kier molecular flexibility index (Phi) is 22.1. The molecule has 0 fully saturated rings. The summed E-state index contributed by atoms with van der Waals surface area (Å²) in [5, 5.41) is 18.1. The van der Waals surface area contributed by atoms with E-state index in [0.717, 1.165) is 5.56 Å². The summed E-state index contributed by atoms with van der Waals surface area (Å²) in [5.74, 6) is -2.41. The molecule has 0 radical (unpaired) electrons. The Morgan fingerprint density at radius 1 is 0.875 bits per heavy atom. The number of hydrogen-bond acceptors (Lipinski definition) is 6. The van der Waals surface area contributed by atoms with Crippen LogP contribution >= 0.6 is 0 Å². The van der Waals surface area contributed by atoms with Crippen LogP contribution in [0.1, 0.15) is 87.1 Å². The molecule has 0 spiro atoms. The highest BCUT2D eigenvalue weighted by Crippen LogP contribution is 2.14. The minimum absolute atomic E-state index is 0.0875. The Labute approximate surface area is 241 Å². The van der Waals surface area contributed by atoms with Crippen LogP contribution in [0.5, 0.6) is 0 Å². The standard InChI is InChI=1S/C26H42N4O6.2C2H6/c1-16(2)14-21(30-24(33)18(5)22(31)17(3)4)25(34)29-20(23(27)32)12-9-13-28-26(35)36-15-19-10-7-6-8-11-19;2*1-2/h6-8,10-11,16-18,20-22,31H,9,12-15H2,1-5H3,(H2,27,32)(H,28,35)(H,29,34)(H,30,33);2*1-2H3/t18-,20?,21-,22?;;/m0../s1. The maximum atomic E-state index is 12.9. The largest absolute Gasteiger partial charge is 0.445 e. The lowest BCUT2D eigenvalue weighted by molar-refractivity contribution is -0.135. The molecule has 0 heterocycles. The van der Waals surface area contributed by atoms with Crippen LogP contribution in [0.15, 0.2) is 30.3 Å². The van der Waals surface area contributed by atoms with E-state index in [0.29, 0.717) is 12.8 Å². The number of aliphatic hydroxyl groups is 1. The van der Waals surface area contributed by atoms with Crippen LogP contribution in [0.25, 0.3) is 0 Å². The zero-order valence-corrected chi connectivity index (χ0v) is 26.0. The van der Waals surface area contributed by atoms with Gasteiger partial charge in [0.25, 0.3) is 0 Å². The number of aliphatic hydroxyl groups excluding tert-OH is 1. The molecular formula is C30H54N4O6. The van der Waals surface area contributed by atoms with Crippen molar-refractivity contribution in [1.82, 2.24) is 16.0 Å². The molecule has 0 saturated carbocycles. The van der Waals surface area contributed by atoms with Gasteiger partial charge in [-0.15, -0.1) is 0 Å². The summed E-state index contributed by atoms with van der Waals surface area (Å²) in [6.45, 7) is 17.4. The first-order chi connectivity index (χ1) is 18.9. The summed E-state index contributed by atoms with van der Waals surface area (Å²) in [5.41, 5.74) is 6.34. The van der Waals surface area contributed by atoms with Crippen molar-refractivity contribution in [2.45, 2.75) is 106 Å². The second-order valence-corrected chi connectivity index (χ2v) is 9.81. The number of benzene rings is 1. The van der Waals surface area contributed by atoms with Gasteiger partial charge < -0.3 is 31.5 Å². The fourth-order valence-electron chi connectivity index (χ4n) is 3.57. The van der Waals surface area contributed by atoms with E-state index in [1.54, 1.807) is 6.92 Å². The zero-order valence-electron chi connectivity index (χ0n) is 26.0. The summed E-state index contributed by atoms with van der Waals surface area (Å²) in [6.07, 6.45) is -0.519. The molecule has 0 aliphatic carbocycles. The number of ether oxygens (including phenoxy) is 1. The average molecular weight is 567 g/mol. The fraction of sp³-hybridized carbons (Fsp3) is 0.667. The SMILES string of the molecule is CC.CC.CC(C)C[C@H](NC(=O)[C@@H](C)C(O)C(C)C)C(=O)NC(CCCNC(=O)OCc1ccccc1)C(N)=O. The highest BCUT2D eigenvalue weighted by molar-refractivity contribution is 5.92. The van der Waals surface area contributed by atoms with Crippen molar-refractivity contribution in [1.29, 1.82) is 0 Å². The van der Waals surface area contributed by atoms with Crippen LogP contribution in [0.3, 0.4) is 0 Å². The van der Waals surface area contributed by atoms with E-state index in [1.807, 2.05) is 85.7 Å². The van der Waals surface area contributed by atoms with E-state index in [2.05, 4.69) is 16.0 Å². The molecule has 0 aliphatic heterocycles. The van der Waals surface area contributed by atoms with Gasteiger partial charge in [0.2, 0.25) is 17.7 Å². The summed E-state index contributed by atoms with van der Waals surface area (Å²) < 4.78 is 5.13. The van der Waals surface area contributed by atoms with Crippen molar-refractivity contribution < 1.29 is 29.0 Å². The number of primary amides is 1. The third-order valence-electron chi connectivity index (χ3n) is 5.76. The molecule has 0 bridgehead atoms. The van der Waals surface area contributed by atoms with Gasteiger partial charge in [-0.3, -0.25) is 14.4 Å². The van der Waals surface area contributed by atoms with Crippen molar-refractivity contribution in [2.24, 2.45) is 23.5 Å². The summed E-state index contributed by atoms with van der Waals surface area (Å²) in [4.78, 5) is 49.4. The molecule has 10 nitrogen and oxygen atoms in total. The maximum absolute atomic E-state index is 12.9. The molecule has 6 N–H and O–H groups in total. The molecule has 4 amide bonds. The van der Waals surface area contributed by atoms with Crippen LogP contribution in [0.2, 0.25) is 0 Å². The van der Waals surface area contributed by atoms with Gasteiger partial charge in [-0.25, -0.2) is 4.79 Å². The summed E-state index contributed by atoms with van der Waals surface area (Å²) >= 11 is 0. The lowest BCUT2D eigenvalue weighted by atomic mass is 9.93. The number of rotatable bonds is 15. The van der Waals surface area contributed by atoms with E-state index in [9.17, 15) is 24.3 Å². The lowest BCUT2D eigenvalue weighted by Gasteiger charge is -2.26. The molecule has 4 atom stereocenters. The minimum atomic E-state index is -0.968. The quantitative estimate of drug-likeness (QED) is 0.202. The summed E-state index contributed by atoms with van der Waals surface area (Å²) in [6, 6.07) is 7.40. The Bertz CT molecular complexity index is 848. The topological polar surface area (TPSA) is 160 Å². The molecule has 0 aliphatic rings. The molecule has 1 rings (SSSR count). The molecule has 40 heavy (non-hydrogen) atoms. The van der Waals surface area contributed by atoms with Gasteiger partial charge in [-0.2, -0.15) is 0 Å². The Balaban J connectivity index is 0. The normalized spacial score (nSPS) is 13.3. The minimum Gasteiger partial charge on any atom is -0.445 e. The second kappa shape index (κ2) is 22.7. The number of carbonyl (C=O) groups excluding carboxylic acids is 4. The Hall–Kier alpha value is -3.14. The Morgan fingerprint density at radius 2 is 1.43 bits per heavy atom. The number of carbonyl (C=O) groups is 4. The van der Waals surface area contributed by atoms with Crippen molar-refractivity contribution in [3.63, 3.8) is 0 Å². The molecule has 0 aromatic heterocycles. The van der Waals surface area contributed by atoms with Gasteiger partial charge in [-0.05, 0) is 36.7 Å². The predicted molar refractivity (Wildman–Crippen MR) is 159 cm³/mol. The third kappa shape index (κ3) is 16.7. The highest BCUT2D eigenvalue weighted by atomic mass is 16.5. The first-order valence-electron chi connectivity index (χ1n) is 14.4. The van der Waals surface area contributed by atoms with Crippen molar-refractivity contribution in [3.8, 4) is 0 Å². The molecular weight excluding hydrogens is 512 g/mol. The van der Waals surface area contributed by atoms with Crippen molar-refractivity contribution in [3.05, 3.63) is 35.9 Å². The van der Waals surface area contributed by atoms with E-state index < -0.39 is 47.9 Å². The van der Waals surface area contributed by atoms with Gasteiger partial charge in [0.1, 0.15) is 18.7 Å². The lowest BCUT2D eigenvalue weighted by Crippen LogP contribution is -2.54. The van der Waals surface area contributed by atoms with Gasteiger partial charge in [0.05, 0.1) is 12.0 Å². The summed E-state index contributed by atoms with van der Waals surface area (Å²) in [7, 11) is 0. The average Bonchev–Trinajstić information content (AvgIpc) is 2.94. The van der Waals surface area contributed by atoms with Crippen LogP contribution in [0.4, 0.5) is 4.79 Å². The fourth-order valence-corrected chi connectivity index (χ4v) is 3.57. The molecule has 1 aromatic rings. The molecule has 10 heteroatoms. The number of amides is 4. The van der Waals surface area contributed by atoms with Gasteiger partial charge in [-0.1, -0.05) is 92.6 Å². The smallest absolute Gasteiger partial charge is 0.407 e. The number of alkyl carbamates (subject to hydrolysis) is 1. The second-order valence-electron chi connectivity index (χ2n) is 9.81. The number of nitrogens with two attached hydrogens (primary N) is 1. The monoisotopic (exact) mass is 566 g/mol. The molecule has 230 valence electrons. The first-order valence-corrected chi connectivity index (χ1v) is 14.4. The predicted octanol–water partition coefficient (Wildman–Crippen LogP) is 3.90. The van der Waals surface area contributed by atoms with E-state index in [1.165, 1.54) is 0 Å².